The molecule has 3 rings (SSSR count). The van der Waals surface area contributed by atoms with Gasteiger partial charge in [0.15, 0.2) is 0 Å². The third-order valence-electron chi connectivity index (χ3n) is 4.12. The van der Waals surface area contributed by atoms with Crippen LogP contribution in [0.4, 0.5) is 0 Å². The van der Waals surface area contributed by atoms with Gasteiger partial charge in [0.25, 0.3) is 5.91 Å². The fourth-order valence-electron chi connectivity index (χ4n) is 2.83. The molecule has 1 atom stereocenters. The van der Waals surface area contributed by atoms with Gasteiger partial charge < -0.3 is 15.2 Å². The summed E-state index contributed by atoms with van der Waals surface area (Å²) in [5.74, 6) is 1.38. The smallest absolute Gasteiger partial charge is 0.253 e. The molecule has 22 heavy (non-hydrogen) atoms. The SMILES string of the molecule is Cc1ncccc1C(=O)NCc1cnc([C@H]2CCN(C)C2)[nH]1. The number of amides is 1. The quantitative estimate of drug-likeness (QED) is 0.896. The number of likely N-dealkylation sites (N-methyl/N-ethyl adjacent to an activating group) is 1. The van der Waals surface area contributed by atoms with Crippen molar-refractivity contribution in [3.05, 3.63) is 47.3 Å². The number of nitrogens with one attached hydrogen (secondary N) is 2. The number of carbonyl (C=O) groups is 1. The van der Waals surface area contributed by atoms with Crippen LogP contribution in [0.5, 0.6) is 0 Å². The maximum atomic E-state index is 12.2. The summed E-state index contributed by atoms with van der Waals surface area (Å²) in [6.07, 6.45) is 4.63. The zero-order valence-corrected chi connectivity index (χ0v) is 13.0. The zero-order valence-electron chi connectivity index (χ0n) is 13.0. The van der Waals surface area contributed by atoms with Gasteiger partial charge in [-0.25, -0.2) is 4.98 Å². The molecule has 2 aromatic heterocycles. The van der Waals surface area contributed by atoms with Crippen LogP contribution in [-0.4, -0.2) is 45.9 Å². The number of hydrogen-bond acceptors (Lipinski definition) is 4. The molecule has 6 heteroatoms. The first-order valence-corrected chi connectivity index (χ1v) is 7.55. The highest BCUT2D eigenvalue weighted by molar-refractivity contribution is 5.95. The molecule has 0 bridgehead atoms. The highest BCUT2D eigenvalue weighted by Gasteiger charge is 2.23. The molecule has 6 nitrogen and oxygen atoms in total. The number of hydrogen-bond donors (Lipinski definition) is 2. The first-order valence-electron chi connectivity index (χ1n) is 7.55. The minimum atomic E-state index is -0.109. The Morgan fingerprint density at radius 3 is 3.09 bits per heavy atom. The van der Waals surface area contributed by atoms with Gasteiger partial charge in [0.1, 0.15) is 5.82 Å². The molecule has 2 aromatic rings. The van der Waals surface area contributed by atoms with Crippen molar-refractivity contribution < 1.29 is 4.79 Å². The first-order chi connectivity index (χ1) is 10.6. The fourth-order valence-corrected chi connectivity index (χ4v) is 2.83. The zero-order chi connectivity index (χ0) is 15.5. The number of aryl methyl sites for hydroxylation is 1. The van der Waals surface area contributed by atoms with Crippen LogP contribution in [-0.2, 0) is 6.54 Å². The Kier molecular flexibility index (Phi) is 4.20. The number of carbonyl (C=O) groups excluding carboxylic acids is 1. The summed E-state index contributed by atoms with van der Waals surface area (Å²) in [5, 5.41) is 2.91. The maximum absolute atomic E-state index is 12.2. The van der Waals surface area contributed by atoms with Crippen LogP contribution in [0.2, 0.25) is 0 Å². The molecule has 1 aliphatic heterocycles. The molecule has 1 amide bonds. The van der Waals surface area contributed by atoms with Crippen LogP contribution in [0.3, 0.4) is 0 Å². The van der Waals surface area contributed by atoms with E-state index in [9.17, 15) is 4.79 Å². The molecule has 1 fully saturated rings. The summed E-state index contributed by atoms with van der Waals surface area (Å²) in [7, 11) is 2.13. The lowest BCUT2D eigenvalue weighted by atomic mass is 10.1. The molecule has 0 saturated carbocycles. The molecule has 0 radical (unpaired) electrons. The van der Waals surface area contributed by atoms with Crippen LogP contribution in [0, 0.1) is 6.92 Å². The van der Waals surface area contributed by atoms with Crippen LogP contribution < -0.4 is 5.32 Å². The van der Waals surface area contributed by atoms with E-state index in [2.05, 4.69) is 32.2 Å². The van der Waals surface area contributed by atoms with Crippen molar-refractivity contribution in [2.45, 2.75) is 25.8 Å². The second-order valence-corrected chi connectivity index (χ2v) is 5.86. The van der Waals surface area contributed by atoms with Gasteiger partial charge >= 0.3 is 0 Å². The Morgan fingerprint density at radius 2 is 2.36 bits per heavy atom. The molecule has 116 valence electrons. The predicted octanol–water partition coefficient (Wildman–Crippen LogP) is 1.46. The minimum Gasteiger partial charge on any atom is -0.346 e. The van der Waals surface area contributed by atoms with Gasteiger partial charge in [0.05, 0.1) is 24.0 Å². The van der Waals surface area contributed by atoms with Gasteiger partial charge in [0, 0.05) is 24.4 Å². The Labute approximate surface area is 130 Å². The van der Waals surface area contributed by atoms with E-state index in [1.54, 1.807) is 18.3 Å². The second-order valence-electron chi connectivity index (χ2n) is 5.86. The first kappa shape index (κ1) is 14.7. The van der Waals surface area contributed by atoms with Gasteiger partial charge in [-0.15, -0.1) is 0 Å². The van der Waals surface area contributed by atoms with Crippen molar-refractivity contribution in [3.8, 4) is 0 Å². The van der Waals surface area contributed by atoms with E-state index in [0.29, 0.717) is 18.0 Å². The fraction of sp³-hybridized carbons (Fsp3) is 0.438. The number of aromatic nitrogens is 3. The molecule has 0 unspecified atom stereocenters. The van der Waals surface area contributed by atoms with Gasteiger partial charge in [-0.05, 0) is 39.1 Å². The lowest BCUT2D eigenvalue weighted by Crippen LogP contribution is -2.24. The van der Waals surface area contributed by atoms with E-state index >= 15 is 0 Å². The number of likely N-dealkylation sites (tertiary alicyclic amines) is 1. The molecular formula is C16H21N5O. The van der Waals surface area contributed by atoms with E-state index < -0.39 is 0 Å². The largest absolute Gasteiger partial charge is 0.346 e. The van der Waals surface area contributed by atoms with Gasteiger partial charge in [-0.3, -0.25) is 9.78 Å². The number of aromatic amines is 1. The summed E-state index contributed by atoms with van der Waals surface area (Å²) in [4.78, 5) is 26.4. The van der Waals surface area contributed by atoms with Crippen molar-refractivity contribution in [1.82, 2.24) is 25.2 Å². The Bertz CT molecular complexity index is 666. The van der Waals surface area contributed by atoms with Crippen molar-refractivity contribution in [2.24, 2.45) is 0 Å². The van der Waals surface area contributed by atoms with E-state index in [-0.39, 0.29) is 5.91 Å². The third kappa shape index (κ3) is 3.17. The molecule has 0 aromatic carbocycles. The molecular weight excluding hydrogens is 278 g/mol. The van der Waals surface area contributed by atoms with Gasteiger partial charge in [0.2, 0.25) is 0 Å². The van der Waals surface area contributed by atoms with E-state index in [0.717, 1.165) is 36.7 Å². The lowest BCUT2D eigenvalue weighted by molar-refractivity contribution is 0.0949. The summed E-state index contributed by atoms with van der Waals surface area (Å²) < 4.78 is 0. The van der Waals surface area contributed by atoms with Crippen molar-refractivity contribution in [2.75, 3.05) is 20.1 Å². The third-order valence-corrected chi connectivity index (χ3v) is 4.12. The lowest BCUT2D eigenvalue weighted by Gasteiger charge is -2.07. The number of nitrogens with zero attached hydrogens (tertiary/aromatic N) is 3. The predicted molar refractivity (Wildman–Crippen MR) is 83.6 cm³/mol. The van der Waals surface area contributed by atoms with Crippen molar-refractivity contribution in [1.29, 1.82) is 0 Å². The molecule has 3 heterocycles. The summed E-state index contributed by atoms with van der Waals surface area (Å²) in [6.45, 7) is 4.43. The Hall–Kier alpha value is -2.21. The standard InChI is InChI=1S/C16H21N5O/c1-11-14(4-3-6-17-11)16(22)19-9-13-8-18-15(20-13)12-5-7-21(2)10-12/h3-4,6,8,12H,5,7,9-10H2,1-2H3,(H,18,20)(H,19,22)/t12-/m0/s1. The summed E-state index contributed by atoms with van der Waals surface area (Å²) in [6, 6.07) is 3.55. The van der Waals surface area contributed by atoms with Crippen LogP contribution >= 0.6 is 0 Å². The van der Waals surface area contributed by atoms with Crippen LogP contribution in [0.1, 0.15) is 39.9 Å². The second kappa shape index (κ2) is 6.27. The molecule has 0 aliphatic carbocycles. The Balaban J connectivity index is 1.59. The average molecular weight is 299 g/mol. The normalized spacial score (nSPS) is 18.5. The summed E-state index contributed by atoms with van der Waals surface area (Å²) in [5.41, 5.74) is 2.28. The highest BCUT2D eigenvalue weighted by Crippen LogP contribution is 2.23. The van der Waals surface area contributed by atoms with Crippen molar-refractivity contribution >= 4 is 5.91 Å². The van der Waals surface area contributed by atoms with E-state index in [4.69, 9.17) is 0 Å². The van der Waals surface area contributed by atoms with E-state index in [1.807, 2.05) is 13.1 Å². The van der Waals surface area contributed by atoms with Crippen LogP contribution in [0.15, 0.2) is 24.5 Å². The number of pyridine rings is 1. The molecule has 1 aliphatic rings. The van der Waals surface area contributed by atoms with Gasteiger partial charge in [-0.2, -0.15) is 0 Å². The topological polar surface area (TPSA) is 73.9 Å². The number of imidazole rings is 1. The molecule has 2 N–H and O–H groups in total. The molecule has 0 spiro atoms. The maximum Gasteiger partial charge on any atom is 0.253 e. The molecule has 1 saturated heterocycles. The average Bonchev–Trinajstić information content (AvgIpc) is 3.14. The Morgan fingerprint density at radius 1 is 1.50 bits per heavy atom. The number of H-pyrrole nitrogens is 1. The number of rotatable bonds is 4. The van der Waals surface area contributed by atoms with E-state index in [1.165, 1.54) is 0 Å². The van der Waals surface area contributed by atoms with Gasteiger partial charge in [-0.1, -0.05) is 0 Å². The summed E-state index contributed by atoms with van der Waals surface area (Å²) >= 11 is 0. The minimum absolute atomic E-state index is 0.109. The van der Waals surface area contributed by atoms with Crippen molar-refractivity contribution in [3.63, 3.8) is 0 Å². The monoisotopic (exact) mass is 299 g/mol. The highest BCUT2D eigenvalue weighted by atomic mass is 16.1. The van der Waals surface area contributed by atoms with Crippen LogP contribution in [0.25, 0.3) is 0 Å².